The summed E-state index contributed by atoms with van der Waals surface area (Å²) in [5.74, 6) is 0.156. The van der Waals surface area contributed by atoms with Gasteiger partial charge in [0.15, 0.2) is 0 Å². The Kier molecular flexibility index (Phi) is 6.23. The van der Waals surface area contributed by atoms with Crippen LogP contribution in [0.3, 0.4) is 0 Å². The van der Waals surface area contributed by atoms with Crippen molar-refractivity contribution < 1.29 is 5.11 Å². The summed E-state index contributed by atoms with van der Waals surface area (Å²) < 4.78 is 1.08. The highest BCUT2D eigenvalue weighted by Crippen LogP contribution is 2.35. The van der Waals surface area contributed by atoms with Crippen molar-refractivity contribution in [2.24, 2.45) is 0 Å². The van der Waals surface area contributed by atoms with Gasteiger partial charge in [-0.05, 0) is 30.5 Å². The largest absolute Gasteiger partial charge is 0.389 e. The van der Waals surface area contributed by atoms with Gasteiger partial charge in [-0.3, -0.25) is 0 Å². The Bertz CT molecular complexity index is 442. The van der Waals surface area contributed by atoms with E-state index in [1.54, 1.807) is 0 Å². The predicted molar refractivity (Wildman–Crippen MR) is 91.7 cm³/mol. The van der Waals surface area contributed by atoms with Crippen LogP contribution in [0, 0.1) is 0 Å². The third-order valence-electron chi connectivity index (χ3n) is 4.77. The third-order valence-corrected chi connectivity index (χ3v) is 5.27. The van der Waals surface area contributed by atoms with Gasteiger partial charge in [0.05, 0.1) is 5.60 Å². The lowest BCUT2D eigenvalue weighted by Crippen LogP contribution is -2.48. The quantitative estimate of drug-likeness (QED) is 0.824. The van der Waals surface area contributed by atoms with E-state index in [0.29, 0.717) is 0 Å². The molecule has 118 valence electrons. The van der Waals surface area contributed by atoms with Crippen LogP contribution in [0.15, 0.2) is 28.7 Å². The van der Waals surface area contributed by atoms with Crippen molar-refractivity contribution >= 4 is 15.9 Å². The number of nitrogens with zero attached hydrogens (tertiary/aromatic N) is 1. The number of hydrogen-bond acceptors (Lipinski definition) is 3. The Balaban J connectivity index is 2.25. The third kappa shape index (κ3) is 4.28. The molecule has 0 saturated carbocycles. The van der Waals surface area contributed by atoms with E-state index in [9.17, 15) is 5.11 Å². The highest BCUT2D eigenvalue weighted by Gasteiger charge is 2.35. The maximum Gasteiger partial charge on any atom is 0.0723 e. The molecule has 1 unspecified atom stereocenters. The van der Waals surface area contributed by atoms with Crippen molar-refractivity contribution in [1.82, 2.24) is 10.2 Å². The minimum Gasteiger partial charge on any atom is -0.389 e. The van der Waals surface area contributed by atoms with Crippen LogP contribution < -0.4 is 5.32 Å². The molecule has 1 aromatic carbocycles. The Labute approximate surface area is 136 Å². The number of rotatable bonds is 6. The van der Waals surface area contributed by atoms with E-state index < -0.39 is 5.60 Å². The molecule has 0 aliphatic carbocycles. The number of aliphatic hydroxyl groups is 1. The lowest BCUT2D eigenvalue weighted by Gasteiger charge is -2.39. The average Bonchev–Trinajstić information content (AvgIpc) is 2.53. The van der Waals surface area contributed by atoms with Gasteiger partial charge >= 0.3 is 0 Å². The van der Waals surface area contributed by atoms with E-state index in [4.69, 9.17) is 0 Å². The second-order valence-electron chi connectivity index (χ2n) is 5.97. The van der Waals surface area contributed by atoms with Crippen LogP contribution in [0.2, 0.25) is 0 Å². The molecule has 2 rings (SSSR count). The second-order valence-corrected chi connectivity index (χ2v) is 6.88. The van der Waals surface area contributed by atoms with Crippen LogP contribution in [0.4, 0.5) is 0 Å². The summed E-state index contributed by atoms with van der Waals surface area (Å²) in [4.78, 5) is 2.47. The van der Waals surface area contributed by atoms with E-state index in [0.717, 1.165) is 50.0 Å². The molecule has 1 aliphatic heterocycles. The van der Waals surface area contributed by atoms with E-state index in [2.05, 4.69) is 58.2 Å². The van der Waals surface area contributed by atoms with Crippen molar-refractivity contribution in [2.75, 3.05) is 32.7 Å². The lowest BCUT2D eigenvalue weighted by atomic mass is 9.78. The summed E-state index contributed by atoms with van der Waals surface area (Å²) in [5, 5.41) is 14.5. The fourth-order valence-electron chi connectivity index (χ4n) is 3.20. The van der Waals surface area contributed by atoms with E-state index in [-0.39, 0.29) is 5.92 Å². The van der Waals surface area contributed by atoms with Gasteiger partial charge in [-0.1, -0.05) is 41.9 Å². The second kappa shape index (κ2) is 7.73. The highest BCUT2D eigenvalue weighted by molar-refractivity contribution is 9.10. The Hall–Kier alpha value is -0.420. The monoisotopic (exact) mass is 354 g/mol. The fourth-order valence-corrected chi connectivity index (χ4v) is 3.62. The van der Waals surface area contributed by atoms with Crippen LogP contribution in [0.25, 0.3) is 0 Å². The molecule has 21 heavy (non-hydrogen) atoms. The predicted octanol–water partition coefficient (Wildman–Crippen LogP) is 2.99. The molecule has 1 fully saturated rings. The summed E-state index contributed by atoms with van der Waals surface area (Å²) in [6, 6.07) is 8.41. The van der Waals surface area contributed by atoms with Gasteiger partial charge in [-0.15, -0.1) is 0 Å². The van der Waals surface area contributed by atoms with Gasteiger partial charge in [-0.2, -0.15) is 0 Å². The summed E-state index contributed by atoms with van der Waals surface area (Å²) in [6.07, 6.45) is 1.57. The summed E-state index contributed by atoms with van der Waals surface area (Å²) in [5.41, 5.74) is 0.597. The first-order valence-electron chi connectivity index (χ1n) is 8.00. The zero-order valence-corrected chi connectivity index (χ0v) is 14.7. The van der Waals surface area contributed by atoms with Crippen LogP contribution in [0.5, 0.6) is 0 Å². The van der Waals surface area contributed by atoms with E-state index in [1.807, 2.05) is 6.07 Å². The van der Waals surface area contributed by atoms with Gasteiger partial charge in [0.1, 0.15) is 0 Å². The Morgan fingerprint density at radius 2 is 1.95 bits per heavy atom. The van der Waals surface area contributed by atoms with Crippen molar-refractivity contribution in [3.8, 4) is 0 Å². The Morgan fingerprint density at radius 3 is 2.52 bits per heavy atom. The van der Waals surface area contributed by atoms with Crippen LogP contribution in [-0.2, 0) is 0 Å². The molecule has 0 radical (unpaired) electrons. The molecule has 2 N–H and O–H groups in total. The minimum atomic E-state index is -0.633. The Morgan fingerprint density at radius 1 is 1.29 bits per heavy atom. The summed E-state index contributed by atoms with van der Waals surface area (Å²) >= 11 is 3.56. The molecule has 1 aromatic rings. The molecular formula is C17H27BrN2O. The molecule has 3 nitrogen and oxygen atoms in total. The molecule has 0 spiro atoms. The number of nitrogens with one attached hydrogen (secondary N) is 1. The van der Waals surface area contributed by atoms with Crippen molar-refractivity contribution in [1.29, 1.82) is 0 Å². The summed E-state index contributed by atoms with van der Waals surface area (Å²) in [6.45, 7) is 9.32. The van der Waals surface area contributed by atoms with Crippen LogP contribution in [0.1, 0.15) is 38.2 Å². The standard InChI is InChI=1S/C17H27BrN2O/c1-3-17(21,4-2)16(13-20-10-8-19-9-11-20)14-6-5-7-15(18)12-14/h5-7,12,16,19,21H,3-4,8-11,13H2,1-2H3. The normalized spacial score (nSPS) is 18.7. The highest BCUT2D eigenvalue weighted by atomic mass is 79.9. The number of piperazine rings is 1. The SMILES string of the molecule is CCC(O)(CC)C(CN1CCNCC1)c1cccc(Br)c1. The first-order valence-corrected chi connectivity index (χ1v) is 8.79. The van der Waals surface area contributed by atoms with Gasteiger partial charge in [0.2, 0.25) is 0 Å². The number of halogens is 1. The molecule has 1 heterocycles. The zero-order chi connectivity index (χ0) is 15.3. The number of hydrogen-bond donors (Lipinski definition) is 2. The zero-order valence-electron chi connectivity index (χ0n) is 13.1. The first kappa shape index (κ1) is 16.9. The fraction of sp³-hybridized carbons (Fsp3) is 0.647. The van der Waals surface area contributed by atoms with Gasteiger partial charge in [0, 0.05) is 43.1 Å². The molecule has 4 heteroatoms. The van der Waals surface area contributed by atoms with E-state index in [1.165, 1.54) is 5.56 Å². The maximum atomic E-state index is 11.1. The molecule has 0 aromatic heterocycles. The van der Waals surface area contributed by atoms with Crippen LogP contribution in [-0.4, -0.2) is 48.3 Å². The maximum absolute atomic E-state index is 11.1. The lowest BCUT2D eigenvalue weighted by molar-refractivity contribution is -0.00822. The molecule has 0 bridgehead atoms. The smallest absolute Gasteiger partial charge is 0.0723 e. The molecule has 0 amide bonds. The molecule has 1 saturated heterocycles. The van der Waals surface area contributed by atoms with Crippen molar-refractivity contribution in [2.45, 2.75) is 38.2 Å². The first-order chi connectivity index (χ1) is 10.1. The topological polar surface area (TPSA) is 35.5 Å². The molecule has 1 aliphatic rings. The van der Waals surface area contributed by atoms with E-state index >= 15 is 0 Å². The average molecular weight is 355 g/mol. The van der Waals surface area contributed by atoms with Crippen molar-refractivity contribution in [3.63, 3.8) is 0 Å². The van der Waals surface area contributed by atoms with Gasteiger partial charge in [-0.25, -0.2) is 0 Å². The molecular weight excluding hydrogens is 328 g/mol. The van der Waals surface area contributed by atoms with Crippen LogP contribution >= 0.6 is 15.9 Å². The minimum absolute atomic E-state index is 0.156. The van der Waals surface area contributed by atoms with Gasteiger partial charge < -0.3 is 15.3 Å². The van der Waals surface area contributed by atoms with Crippen molar-refractivity contribution in [3.05, 3.63) is 34.3 Å². The summed E-state index contributed by atoms with van der Waals surface area (Å²) in [7, 11) is 0. The molecule has 1 atom stereocenters. The number of benzene rings is 1. The van der Waals surface area contributed by atoms with Gasteiger partial charge in [0.25, 0.3) is 0 Å².